The second-order valence-corrected chi connectivity index (χ2v) is 5.54. The summed E-state index contributed by atoms with van der Waals surface area (Å²) < 4.78 is 2.26. The Hall–Kier alpha value is -1.32. The summed E-state index contributed by atoms with van der Waals surface area (Å²) in [5.41, 5.74) is 10.00. The van der Waals surface area contributed by atoms with Crippen LogP contribution in [0, 0.1) is 0 Å². The molecule has 0 bridgehead atoms. The van der Waals surface area contributed by atoms with Crippen LogP contribution >= 0.6 is 0 Å². The predicted molar refractivity (Wildman–Crippen MR) is 79.9 cm³/mol. The third-order valence-electron chi connectivity index (χ3n) is 4.37. The Labute approximate surface area is 115 Å². The van der Waals surface area contributed by atoms with E-state index in [9.17, 15) is 0 Å². The molecule has 1 aromatic heterocycles. The van der Waals surface area contributed by atoms with Gasteiger partial charge in [0.15, 0.2) is 0 Å². The van der Waals surface area contributed by atoms with Crippen molar-refractivity contribution in [2.45, 2.75) is 32.4 Å². The fourth-order valence-electron chi connectivity index (χ4n) is 3.30. The van der Waals surface area contributed by atoms with Gasteiger partial charge >= 0.3 is 0 Å². The minimum Gasteiger partial charge on any atom is -0.346 e. The van der Waals surface area contributed by atoms with Crippen molar-refractivity contribution in [2.24, 2.45) is 12.8 Å². The maximum atomic E-state index is 5.98. The predicted octanol–water partition coefficient (Wildman–Crippen LogP) is 2.62. The number of rotatable bonds is 3. The number of piperidine rings is 1. The van der Waals surface area contributed by atoms with E-state index in [2.05, 4.69) is 40.8 Å². The van der Waals surface area contributed by atoms with Crippen LogP contribution in [0.25, 0.3) is 10.9 Å². The van der Waals surface area contributed by atoms with Gasteiger partial charge in [-0.05, 0) is 37.6 Å². The number of aryl methyl sites for hydroxylation is 1. The summed E-state index contributed by atoms with van der Waals surface area (Å²) >= 11 is 0. The van der Waals surface area contributed by atoms with E-state index in [0.717, 1.165) is 6.54 Å². The van der Waals surface area contributed by atoms with Crippen LogP contribution in [0.4, 0.5) is 0 Å². The number of benzene rings is 1. The number of hydrogen-bond donors (Lipinski definition) is 1. The van der Waals surface area contributed by atoms with Gasteiger partial charge in [0.1, 0.15) is 0 Å². The lowest BCUT2D eigenvalue weighted by atomic mass is 10.1. The Morgan fingerprint density at radius 1 is 1.11 bits per heavy atom. The van der Waals surface area contributed by atoms with E-state index in [-0.39, 0.29) is 0 Å². The molecule has 0 spiro atoms. The summed E-state index contributed by atoms with van der Waals surface area (Å²) in [6, 6.07) is 8.65. The van der Waals surface area contributed by atoms with E-state index >= 15 is 0 Å². The van der Waals surface area contributed by atoms with Crippen LogP contribution in [-0.4, -0.2) is 22.6 Å². The Morgan fingerprint density at radius 2 is 1.84 bits per heavy atom. The monoisotopic (exact) mass is 257 g/mol. The van der Waals surface area contributed by atoms with Crippen LogP contribution in [0.3, 0.4) is 0 Å². The van der Waals surface area contributed by atoms with Crippen LogP contribution in [0.2, 0.25) is 0 Å². The third-order valence-corrected chi connectivity index (χ3v) is 4.37. The van der Waals surface area contributed by atoms with Crippen molar-refractivity contribution >= 4 is 10.9 Å². The molecule has 2 heterocycles. The van der Waals surface area contributed by atoms with Crippen molar-refractivity contribution in [3.63, 3.8) is 0 Å². The number of hydrogen-bond acceptors (Lipinski definition) is 2. The molecule has 3 heteroatoms. The van der Waals surface area contributed by atoms with Gasteiger partial charge in [0, 0.05) is 36.7 Å². The molecule has 1 aliphatic rings. The second kappa shape index (κ2) is 5.35. The van der Waals surface area contributed by atoms with E-state index in [0.29, 0.717) is 6.54 Å². The lowest BCUT2D eigenvalue weighted by molar-refractivity contribution is 0.221. The number of fused-ring (bicyclic) bond motifs is 1. The van der Waals surface area contributed by atoms with Crippen LogP contribution in [0.1, 0.15) is 30.5 Å². The second-order valence-electron chi connectivity index (χ2n) is 5.54. The average Bonchev–Trinajstić information content (AvgIpc) is 2.73. The van der Waals surface area contributed by atoms with Crippen molar-refractivity contribution in [3.8, 4) is 0 Å². The molecule has 1 aliphatic heterocycles. The lowest BCUT2D eigenvalue weighted by Gasteiger charge is -2.26. The molecule has 19 heavy (non-hydrogen) atoms. The Kier molecular flexibility index (Phi) is 3.58. The fraction of sp³-hybridized carbons (Fsp3) is 0.500. The first-order valence-corrected chi connectivity index (χ1v) is 7.29. The van der Waals surface area contributed by atoms with Crippen LogP contribution in [-0.2, 0) is 20.1 Å². The quantitative estimate of drug-likeness (QED) is 0.917. The van der Waals surface area contributed by atoms with Gasteiger partial charge in [-0.25, -0.2) is 0 Å². The molecular weight excluding hydrogens is 234 g/mol. The maximum absolute atomic E-state index is 5.98. The number of para-hydroxylation sites is 1. The minimum absolute atomic E-state index is 0.619. The molecule has 1 saturated heterocycles. The van der Waals surface area contributed by atoms with Crippen LogP contribution < -0.4 is 5.73 Å². The smallest absolute Gasteiger partial charge is 0.0483 e. The SMILES string of the molecule is Cn1c(CN)c(CN2CCCCC2)c2ccccc21. The highest BCUT2D eigenvalue weighted by atomic mass is 15.1. The molecule has 0 amide bonds. The summed E-state index contributed by atoms with van der Waals surface area (Å²) in [6.07, 6.45) is 4.06. The molecule has 2 aromatic rings. The number of aromatic nitrogens is 1. The lowest BCUT2D eigenvalue weighted by Crippen LogP contribution is -2.29. The molecule has 0 atom stereocenters. The standard InChI is InChI=1S/C16H23N3/c1-18-15-8-4-3-7-13(15)14(16(18)11-17)12-19-9-5-2-6-10-19/h3-4,7-8H,2,5-6,9-12,17H2,1H3. The zero-order valence-corrected chi connectivity index (χ0v) is 11.7. The van der Waals surface area contributed by atoms with Gasteiger partial charge in [-0.1, -0.05) is 24.6 Å². The van der Waals surface area contributed by atoms with Gasteiger partial charge in [0.05, 0.1) is 0 Å². The number of nitrogens with two attached hydrogens (primary N) is 1. The Balaban J connectivity index is 2.00. The van der Waals surface area contributed by atoms with Gasteiger partial charge < -0.3 is 10.3 Å². The van der Waals surface area contributed by atoms with E-state index in [1.54, 1.807) is 0 Å². The van der Waals surface area contributed by atoms with Crippen molar-refractivity contribution < 1.29 is 0 Å². The normalized spacial score (nSPS) is 17.2. The molecule has 3 nitrogen and oxygen atoms in total. The third kappa shape index (κ3) is 2.28. The first-order valence-electron chi connectivity index (χ1n) is 7.29. The van der Waals surface area contributed by atoms with Gasteiger partial charge in [-0.15, -0.1) is 0 Å². The Morgan fingerprint density at radius 3 is 2.58 bits per heavy atom. The fourth-order valence-corrected chi connectivity index (χ4v) is 3.30. The Bertz CT molecular complexity index is 565. The van der Waals surface area contributed by atoms with E-state index in [1.165, 1.54) is 54.5 Å². The van der Waals surface area contributed by atoms with Crippen molar-refractivity contribution in [1.82, 2.24) is 9.47 Å². The highest BCUT2D eigenvalue weighted by molar-refractivity contribution is 5.85. The summed E-state index contributed by atoms with van der Waals surface area (Å²) in [5, 5.41) is 1.37. The van der Waals surface area contributed by atoms with Crippen molar-refractivity contribution in [3.05, 3.63) is 35.5 Å². The van der Waals surface area contributed by atoms with Gasteiger partial charge in [-0.2, -0.15) is 0 Å². The molecule has 1 fully saturated rings. The molecule has 3 rings (SSSR count). The minimum atomic E-state index is 0.619. The molecule has 0 saturated carbocycles. The zero-order valence-electron chi connectivity index (χ0n) is 11.7. The summed E-state index contributed by atoms with van der Waals surface area (Å²) in [6.45, 7) is 4.13. The molecule has 1 aromatic carbocycles. The maximum Gasteiger partial charge on any atom is 0.0483 e. The van der Waals surface area contributed by atoms with E-state index in [4.69, 9.17) is 5.73 Å². The van der Waals surface area contributed by atoms with Gasteiger partial charge in [-0.3, -0.25) is 4.90 Å². The summed E-state index contributed by atoms with van der Waals surface area (Å²) in [4.78, 5) is 2.57. The molecular formula is C16H23N3. The van der Waals surface area contributed by atoms with Crippen LogP contribution in [0.5, 0.6) is 0 Å². The highest BCUT2D eigenvalue weighted by Gasteiger charge is 2.17. The van der Waals surface area contributed by atoms with Crippen LogP contribution in [0.15, 0.2) is 24.3 Å². The van der Waals surface area contributed by atoms with Gasteiger partial charge in [0.25, 0.3) is 0 Å². The summed E-state index contributed by atoms with van der Waals surface area (Å²) in [5.74, 6) is 0. The average molecular weight is 257 g/mol. The topological polar surface area (TPSA) is 34.2 Å². The molecule has 2 N–H and O–H groups in total. The highest BCUT2D eigenvalue weighted by Crippen LogP contribution is 2.27. The van der Waals surface area contributed by atoms with Crippen molar-refractivity contribution in [1.29, 1.82) is 0 Å². The largest absolute Gasteiger partial charge is 0.346 e. The summed E-state index contributed by atoms with van der Waals surface area (Å²) in [7, 11) is 2.13. The first-order chi connectivity index (χ1) is 9.31. The van der Waals surface area contributed by atoms with E-state index < -0.39 is 0 Å². The zero-order chi connectivity index (χ0) is 13.2. The first kappa shape index (κ1) is 12.7. The van der Waals surface area contributed by atoms with Crippen molar-refractivity contribution in [2.75, 3.05) is 13.1 Å². The molecule has 102 valence electrons. The number of likely N-dealkylation sites (tertiary alicyclic amines) is 1. The van der Waals surface area contributed by atoms with E-state index in [1.807, 2.05) is 0 Å². The molecule has 0 unspecified atom stereocenters. The molecule has 0 aliphatic carbocycles. The number of nitrogens with zero attached hydrogens (tertiary/aromatic N) is 2. The van der Waals surface area contributed by atoms with Gasteiger partial charge in [0.2, 0.25) is 0 Å². The molecule has 0 radical (unpaired) electrons.